The lowest BCUT2D eigenvalue weighted by molar-refractivity contribution is -0.118. The van der Waals surface area contributed by atoms with Crippen LogP contribution in [0.3, 0.4) is 0 Å². The average Bonchev–Trinajstić information content (AvgIpc) is 2.89. The molecule has 126 valence electrons. The molecule has 3 heterocycles. The zero-order valence-corrected chi connectivity index (χ0v) is 15.2. The van der Waals surface area contributed by atoms with E-state index in [4.69, 9.17) is 0 Å². The highest BCUT2D eigenvalue weighted by molar-refractivity contribution is 7.15. The Bertz CT molecular complexity index is 491. The van der Waals surface area contributed by atoms with Crippen LogP contribution >= 0.6 is 36.2 Å². The fourth-order valence-corrected chi connectivity index (χ4v) is 3.89. The van der Waals surface area contributed by atoms with Gasteiger partial charge < -0.3 is 10.6 Å². The van der Waals surface area contributed by atoms with Crippen molar-refractivity contribution in [2.24, 2.45) is 0 Å². The minimum atomic E-state index is -0.0446. The molecule has 0 saturated carbocycles. The molecule has 22 heavy (non-hydrogen) atoms. The smallest absolute Gasteiger partial charge is 0.243 e. The largest absolute Gasteiger partial charge is 0.306 e. The van der Waals surface area contributed by atoms with Crippen LogP contribution in [0.1, 0.15) is 36.8 Å². The number of fused-ring (bicyclic) bond motifs is 1. The number of hydrogen-bond donors (Lipinski definition) is 2. The number of hydrogen-bond acceptors (Lipinski definition) is 5. The molecule has 0 aromatic carbocycles. The lowest BCUT2D eigenvalue weighted by Crippen LogP contribution is -2.43. The van der Waals surface area contributed by atoms with Crippen molar-refractivity contribution < 1.29 is 4.79 Å². The summed E-state index contributed by atoms with van der Waals surface area (Å²) in [6.07, 6.45) is 4.23. The van der Waals surface area contributed by atoms with Crippen molar-refractivity contribution in [2.45, 2.75) is 45.2 Å². The third kappa shape index (κ3) is 4.55. The number of thiazole rings is 1. The maximum Gasteiger partial charge on any atom is 0.243 e. The second-order valence-electron chi connectivity index (χ2n) is 5.50. The van der Waals surface area contributed by atoms with E-state index in [9.17, 15) is 4.79 Å². The Hall–Kier alpha value is -0.400. The SMILES string of the molecule is CCN1CCc2nc(NC(=O)C3CCCCN3)sc2C1.Cl.Cl. The average molecular weight is 367 g/mol. The molecule has 1 fully saturated rings. The number of nitrogens with one attached hydrogen (secondary N) is 2. The summed E-state index contributed by atoms with van der Waals surface area (Å²) in [5.74, 6) is 0.0724. The number of amides is 1. The standard InChI is InChI=1S/C14H22N4OS.2ClH/c1-2-18-8-6-10-12(9-18)20-14(16-10)17-13(19)11-5-3-4-7-15-11;;/h11,15H,2-9H2,1H3,(H,16,17,19);2*1H. The molecule has 0 radical (unpaired) electrons. The second-order valence-corrected chi connectivity index (χ2v) is 6.58. The number of carbonyl (C=O) groups excluding carboxylic acids is 1. The van der Waals surface area contributed by atoms with Crippen molar-refractivity contribution >= 4 is 47.2 Å². The van der Waals surface area contributed by atoms with Crippen molar-refractivity contribution in [1.29, 1.82) is 0 Å². The summed E-state index contributed by atoms with van der Waals surface area (Å²) in [5.41, 5.74) is 1.17. The van der Waals surface area contributed by atoms with Gasteiger partial charge in [-0.25, -0.2) is 4.98 Å². The molecule has 0 aliphatic carbocycles. The number of rotatable bonds is 3. The quantitative estimate of drug-likeness (QED) is 0.862. The van der Waals surface area contributed by atoms with Crippen LogP contribution in [-0.4, -0.2) is 41.5 Å². The Morgan fingerprint density at radius 1 is 1.45 bits per heavy atom. The minimum Gasteiger partial charge on any atom is -0.306 e. The summed E-state index contributed by atoms with van der Waals surface area (Å²) in [5, 5.41) is 7.03. The molecular weight excluding hydrogens is 343 g/mol. The van der Waals surface area contributed by atoms with Gasteiger partial charge in [-0.1, -0.05) is 13.3 Å². The molecule has 1 aromatic rings. The molecule has 1 aromatic heterocycles. The first-order chi connectivity index (χ1) is 9.76. The molecule has 0 bridgehead atoms. The van der Waals surface area contributed by atoms with E-state index in [0.717, 1.165) is 50.6 Å². The van der Waals surface area contributed by atoms with Gasteiger partial charge in [-0.05, 0) is 25.9 Å². The van der Waals surface area contributed by atoms with E-state index in [1.807, 2.05) is 0 Å². The Balaban J connectivity index is 0.00000121. The number of piperidine rings is 1. The number of carbonyl (C=O) groups is 1. The lowest BCUT2D eigenvalue weighted by Gasteiger charge is -2.23. The fraction of sp³-hybridized carbons (Fsp3) is 0.714. The van der Waals surface area contributed by atoms with Crippen molar-refractivity contribution in [2.75, 3.05) is 25.0 Å². The molecule has 2 aliphatic heterocycles. The van der Waals surface area contributed by atoms with Gasteiger partial charge in [-0.15, -0.1) is 36.2 Å². The van der Waals surface area contributed by atoms with E-state index in [0.29, 0.717) is 0 Å². The van der Waals surface area contributed by atoms with Crippen LogP contribution in [0.25, 0.3) is 0 Å². The first kappa shape index (κ1) is 19.6. The summed E-state index contributed by atoms with van der Waals surface area (Å²) in [7, 11) is 0. The Kier molecular flexibility index (Phi) is 8.07. The predicted octanol–water partition coefficient (Wildman–Crippen LogP) is 2.45. The fourth-order valence-electron chi connectivity index (χ4n) is 2.84. The van der Waals surface area contributed by atoms with Crippen LogP contribution in [0, 0.1) is 0 Å². The monoisotopic (exact) mass is 366 g/mol. The van der Waals surface area contributed by atoms with Gasteiger partial charge >= 0.3 is 0 Å². The summed E-state index contributed by atoms with van der Waals surface area (Å²) >= 11 is 1.63. The topological polar surface area (TPSA) is 57.3 Å². The molecule has 3 rings (SSSR count). The number of likely N-dealkylation sites (N-methyl/N-ethyl adjacent to an activating group) is 1. The zero-order chi connectivity index (χ0) is 13.9. The maximum atomic E-state index is 12.2. The third-order valence-corrected chi connectivity index (χ3v) is 5.11. The van der Waals surface area contributed by atoms with Crippen LogP contribution in [0.2, 0.25) is 0 Å². The van der Waals surface area contributed by atoms with Gasteiger partial charge in [0.15, 0.2) is 5.13 Å². The van der Waals surface area contributed by atoms with Crippen LogP contribution < -0.4 is 10.6 Å². The maximum absolute atomic E-state index is 12.2. The Labute approximate surface area is 148 Å². The van der Waals surface area contributed by atoms with Gasteiger partial charge in [0.2, 0.25) is 5.91 Å². The third-order valence-electron chi connectivity index (χ3n) is 4.11. The molecule has 1 unspecified atom stereocenters. The van der Waals surface area contributed by atoms with Gasteiger partial charge in [-0.3, -0.25) is 9.69 Å². The second kappa shape index (κ2) is 9.03. The van der Waals surface area contributed by atoms with Crippen molar-refractivity contribution in [3.63, 3.8) is 0 Å². The van der Waals surface area contributed by atoms with Gasteiger partial charge in [0.1, 0.15) is 0 Å². The summed E-state index contributed by atoms with van der Waals surface area (Å²) in [6, 6.07) is -0.0446. The minimum absolute atomic E-state index is 0. The lowest BCUT2D eigenvalue weighted by atomic mass is 10.0. The summed E-state index contributed by atoms with van der Waals surface area (Å²) < 4.78 is 0. The predicted molar refractivity (Wildman–Crippen MR) is 95.5 cm³/mol. The molecule has 5 nitrogen and oxygen atoms in total. The highest BCUT2D eigenvalue weighted by atomic mass is 35.5. The van der Waals surface area contributed by atoms with E-state index < -0.39 is 0 Å². The van der Waals surface area contributed by atoms with E-state index in [1.54, 1.807) is 11.3 Å². The van der Waals surface area contributed by atoms with Gasteiger partial charge in [-0.2, -0.15) is 0 Å². The van der Waals surface area contributed by atoms with Gasteiger partial charge in [0, 0.05) is 24.4 Å². The normalized spacial score (nSPS) is 21.2. The van der Waals surface area contributed by atoms with Gasteiger partial charge in [0.25, 0.3) is 0 Å². The molecule has 8 heteroatoms. The highest BCUT2D eigenvalue weighted by Gasteiger charge is 2.24. The number of aromatic nitrogens is 1. The van der Waals surface area contributed by atoms with E-state index in [2.05, 4.69) is 27.4 Å². The molecule has 1 amide bonds. The molecule has 0 spiro atoms. The number of anilines is 1. The summed E-state index contributed by atoms with van der Waals surface area (Å²) in [6.45, 7) is 6.25. The van der Waals surface area contributed by atoms with Crippen molar-refractivity contribution in [1.82, 2.24) is 15.2 Å². The Morgan fingerprint density at radius 2 is 2.27 bits per heavy atom. The summed E-state index contributed by atoms with van der Waals surface area (Å²) in [4.78, 5) is 20.5. The Morgan fingerprint density at radius 3 is 2.95 bits per heavy atom. The first-order valence-electron chi connectivity index (χ1n) is 7.51. The first-order valence-corrected chi connectivity index (χ1v) is 8.33. The van der Waals surface area contributed by atoms with Crippen molar-refractivity contribution in [3.05, 3.63) is 10.6 Å². The van der Waals surface area contributed by atoms with Crippen LogP contribution in [-0.2, 0) is 17.8 Å². The van der Waals surface area contributed by atoms with E-state index in [1.165, 1.54) is 17.0 Å². The molecule has 2 aliphatic rings. The van der Waals surface area contributed by atoms with E-state index in [-0.39, 0.29) is 36.8 Å². The highest BCUT2D eigenvalue weighted by Crippen LogP contribution is 2.28. The van der Waals surface area contributed by atoms with Crippen LogP contribution in [0.4, 0.5) is 5.13 Å². The van der Waals surface area contributed by atoms with E-state index >= 15 is 0 Å². The molecule has 1 atom stereocenters. The number of halogens is 2. The van der Waals surface area contributed by atoms with Crippen molar-refractivity contribution in [3.8, 4) is 0 Å². The molecule has 2 N–H and O–H groups in total. The molecule has 1 saturated heterocycles. The van der Waals surface area contributed by atoms with Crippen LogP contribution in [0.5, 0.6) is 0 Å². The van der Waals surface area contributed by atoms with Crippen LogP contribution in [0.15, 0.2) is 0 Å². The number of nitrogens with zero attached hydrogens (tertiary/aromatic N) is 2. The van der Waals surface area contributed by atoms with Gasteiger partial charge in [0.05, 0.1) is 11.7 Å². The molecular formula is C14H24Cl2N4OS. The zero-order valence-electron chi connectivity index (χ0n) is 12.8.